The monoisotopic (exact) mass is 349 g/mol. The molecule has 0 saturated heterocycles. The minimum atomic E-state index is -3.72. The number of aromatic amines is 1. The molecule has 7 nitrogen and oxygen atoms in total. The number of benzene rings is 1. The van der Waals surface area contributed by atoms with Crippen LogP contribution in [0.15, 0.2) is 41.4 Å². The van der Waals surface area contributed by atoms with Crippen LogP contribution in [-0.4, -0.2) is 46.1 Å². The molecule has 0 unspecified atom stereocenters. The first-order valence-electron chi connectivity index (χ1n) is 7.49. The maximum atomic E-state index is 12.5. The van der Waals surface area contributed by atoms with Gasteiger partial charge in [-0.3, -0.25) is 0 Å². The van der Waals surface area contributed by atoms with Gasteiger partial charge in [0.2, 0.25) is 10.0 Å². The van der Waals surface area contributed by atoms with Crippen molar-refractivity contribution in [2.45, 2.75) is 17.4 Å². The first-order chi connectivity index (χ1) is 11.4. The van der Waals surface area contributed by atoms with Gasteiger partial charge in [-0.2, -0.15) is 0 Å². The smallest absolute Gasteiger partial charge is 0.354 e. The first-order valence-corrected chi connectivity index (χ1v) is 8.97. The number of H-pyrrole nitrogens is 1. The predicted molar refractivity (Wildman–Crippen MR) is 89.7 cm³/mol. The fourth-order valence-corrected chi connectivity index (χ4v) is 4.16. The van der Waals surface area contributed by atoms with Crippen LogP contribution in [0.3, 0.4) is 0 Å². The van der Waals surface area contributed by atoms with E-state index in [4.69, 9.17) is 0 Å². The molecule has 2 heterocycles. The van der Waals surface area contributed by atoms with Crippen molar-refractivity contribution < 1.29 is 17.9 Å². The van der Waals surface area contributed by atoms with Crippen LogP contribution in [-0.2, 0) is 21.2 Å². The Labute approximate surface area is 140 Å². The van der Waals surface area contributed by atoms with Gasteiger partial charge >= 0.3 is 5.97 Å². The second-order valence-electron chi connectivity index (χ2n) is 5.77. The summed E-state index contributed by atoms with van der Waals surface area (Å²) in [6.45, 7) is 0.574. The number of para-hydroxylation sites is 1. The standard InChI is InChI=1S/C16H19N3O4S/c1-19-10-12(7-11-5-3-4-6-15(11)19)18-24(21,22)13-8-14(17-9-13)16(20)23-2/h3-6,8-9,12,17-18H,7,10H2,1-2H3/t12-/m1/s1. The maximum absolute atomic E-state index is 12.5. The third-order valence-electron chi connectivity index (χ3n) is 4.06. The molecule has 0 spiro atoms. The molecule has 128 valence electrons. The van der Waals surface area contributed by atoms with E-state index >= 15 is 0 Å². The number of esters is 1. The molecule has 2 aromatic rings. The Morgan fingerprint density at radius 3 is 2.88 bits per heavy atom. The van der Waals surface area contributed by atoms with Crippen LogP contribution < -0.4 is 9.62 Å². The van der Waals surface area contributed by atoms with Crippen LogP contribution >= 0.6 is 0 Å². The van der Waals surface area contributed by atoms with Crippen molar-refractivity contribution in [1.82, 2.24) is 9.71 Å². The van der Waals surface area contributed by atoms with Gasteiger partial charge in [-0.1, -0.05) is 18.2 Å². The van der Waals surface area contributed by atoms with Gasteiger partial charge in [-0.25, -0.2) is 17.9 Å². The third kappa shape index (κ3) is 3.15. The number of likely N-dealkylation sites (N-methyl/N-ethyl adjacent to an activating group) is 1. The number of fused-ring (bicyclic) bond motifs is 1. The van der Waals surface area contributed by atoms with E-state index in [0.29, 0.717) is 13.0 Å². The van der Waals surface area contributed by atoms with Crippen molar-refractivity contribution in [1.29, 1.82) is 0 Å². The average Bonchev–Trinajstić information content (AvgIpc) is 3.05. The Morgan fingerprint density at radius 1 is 1.38 bits per heavy atom. The molecule has 0 saturated carbocycles. The van der Waals surface area contributed by atoms with Crippen LogP contribution in [0, 0.1) is 0 Å². The number of hydrogen-bond acceptors (Lipinski definition) is 5. The summed E-state index contributed by atoms with van der Waals surface area (Å²) in [5, 5.41) is 0. The normalized spacial score (nSPS) is 17.4. The van der Waals surface area contributed by atoms with Crippen molar-refractivity contribution in [3.05, 3.63) is 47.8 Å². The van der Waals surface area contributed by atoms with E-state index < -0.39 is 16.0 Å². The molecule has 0 radical (unpaired) electrons. The van der Waals surface area contributed by atoms with Crippen LogP contribution in [0.5, 0.6) is 0 Å². The van der Waals surface area contributed by atoms with Crippen LogP contribution in [0.25, 0.3) is 0 Å². The lowest BCUT2D eigenvalue weighted by Gasteiger charge is -2.33. The van der Waals surface area contributed by atoms with Crippen LogP contribution in [0.1, 0.15) is 16.1 Å². The number of rotatable bonds is 4. The molecular formula is C16H19N3O4S. The summed E-state index contributed by atoms with van der Waals surface area (Å²) in [7, 11) is -0.546. The number of carbonyl (C=O) groups is 1. The quantitative estimate of drug-likeness (QED) is 0.808. The number of anilines is 1. The Balaban J connectivity index is 1.78. The highest BCUT2D eigenvalue weighted by molar-refractivity contribution is 7.89. The van der Waals surface area contributed by atoms with Crippen molar-refractivity contribution >= 4 is 21.7 Å². The molecular weight excluding hydrogens is 330 g/mol. The second kappa shape index (κ2) is 6.29. The Kier molecular flexibility index (Phi) is 4.33. The summed E-state index contributed by atoms with van der Waals surface area (Å²) >= 11 is 0. The maximum Gasteiger partial charge on any atom is 0.354 e. The van der Waals surface area contributed by atoms with E-state index in [1.54, 1.807) is 0 Å². The minimum absolute atomic E-state index is 0.0180. The van der Waals surface area contributed by atoms with Crippen LogP contribution in [0.4, 0.5) is 5.69 Å². The average molecular weight is 349 g/mol. The summed E-state index contributed by atoms with van der Waals surface area (Å²) in [4.78, 5) is 16.1. The fraction of sp³-hybridized carbons (Fsp3) is 0.312. The second-order valence-corrected chi connectivity index (χ2v) is 7.49. The van der Waals surface area contributed by atoms with Crippen molar-refractivity contribution in [2.24, 2.45) is 0 Å². The summed E-state index contributed by atoms with van der Waals surface area (Å²) < 4.78 is 32.4. The number of carbonyl (C=O) groups excluding carboxylic acids is 1. The van der Waals surface area contributed by atoms with E-state index in [0.717, 1.165) is 11.3 Å². The number of nitrogens with zero attached hydrogens (tertiary/aromatic N) is 1. The Morgan fingerprint density at radius 2 is 2.12 bits per heavy atom. The van der Waals surface area contributed by atoms with E-state index in [1.165, 1.54) is 19.4 Å². The molecule has 1 aromatic heterocycles. The highest BCUT2D eigenvalue weighted by atomic mass is 32.2. The molecule has 0 fully saturated rings. The molecule has 0 amide bonds. The fourth-order valence-electron chi connectivity index (χ4n) is 2.94. The largest absolute Gasteiger partial charge is 0.464 e. The molecule has 8 heteroatoms. The molecule has 1 aromatic carbocycles. The zero-order chi connectivity index (χ0) is 17.3. The van der Waals surface area contributed by atoms with Crippen LogP contribution in [0.2, 0.25) is 0 Å². The van der Waals surface area contributed by atoms with Gasteiger partial charge in [0.25, 0.3) is 0 Å². The third-order valence-corrected chi connectivity index (χ3v) is 5.56. The molecule has 3 rings (SSSR count). The zero-order valence-electron chi connectivity index (χ0n) is 13.4. The molecule has 2 N–H and O–H groups in total. The number of ether oxygens (including phenoxy) is 1. The van der Waals surface area contributed by atoms with E-state index in [-0.39, 0.29) is 16.6 Å². The molecule has 0 aliphatic carbocycles. The topological polar surface area (TPSA) is 91.5 Å². The Bertz CT molecular complexity index is 860. The number of sulfonamides is 1. The van der Waals surface area contributed by atoms with E-state index in [9.17, 15) is 13.2 Å². The van der Waals surface area contributed by atoms with Gasteiger partial charge in [-0.05, 0) is 24.1 Å². The van der Waals surface area contributed by atoms with Crippen molar-refractivity contribution in [3.63, 3.8) is 0 Å². The summed E-state index contributed by atoms with van der Waals surface area (Å²) in [5.74, 6) is -0.609. The van der Waals surface area contributed by atoms with E-state index in [2.05, 4.69) is 14.4 Å². The SMILES string of the molecule is COC(=O)c1cc(S(=O)(=O)N[C@@H]2Cc3ccccc3N(C)C2)c[nH]1. The number of methoxy groups -OCH3 is 1. The Hall–Kier alpha value is -2.32. The first kappa shape index (κ1) is 16.5. The van der Waals surface area contributed by atoms with Crippen molar-refractivity contribution in [3.8, 4) is 0 Å². The summed E-state index contributed by atoms with van der Waals surface area (Å²) in [6.07, 6.45) is 1.91. The minimum Gasteiger partial charge on any atom is -0.464 e. The number of nitrogens with one attached hydrogen (secondary N) is 2. The highest BCUT2D eigenvalue weighted by Gasteiger charge is 2.27. The van der Waals surface area contributed by atoms with Gasteiger partial charge in [0.15, 0.2) is 0 Å². The highest BCUT2D eigenvalue weighted by Crippen LogP contribution is 2.26. The lowest BCUT2D eigenvalue weighted by atomic mass is 9.99. The summed E-state index contributed by atoms with van der Waals surface area (Å²) in [6, 6.07) is 8.96. The molecule has 1 aliphatic heterocycles. The van der Waals surface area contributed by atoms with Gasteiger partial charge in [-0.15, -0.1) is 0 Å². The lowest BCUT2D eigenvalue weighted by Crippen LogP contribution is -2.46. The van der Waals surface area contributed by atoms with E-state index in [1.807, 2.05) is 36.2 Å². The molecule has 1 aliphatic rings. The molecule has 0 bridgehead atoms. The lowest BCUT2D eigenvalue weighted by molar-refractivity contribution is 0.0595. The molecule has 1 atom stereocenters. The number of aromatic nitrogens is 1. The zero-order valence-corrected chi connectivity index (χ0v) is 14.3. The van der Waals surface area contributed by atoms with Gasteiger partial charge in [0.05, 0.1) is 7.11 Å². The van der Waals surface area contributed by atoms with Crippen molar-refractivity contribution in [2.75, 3.05) is 25.6 Å². The van der Waals surface area contributed by atoms with Gasteiger partial charge in [0, 0.05) is 31.5 Å². The van der Waals surface area contributed by atoms with Gasteiger partial charge in [0.1, 0.15) is 10.6 Å². The molecule has 24 heavy (non-hydrogen) atoms. The summed E-state index contributed by atoms with van der Waals surface area (Å²) in [5.41, 5.74) is 2.31. The number of hydrogen-bond donors (Lipinski definition) is 2. The predicted octanol–water partition coefficient (Wildman–Crippen LogP) is 1.14. The van der Waals surface area contributed by atoms with Gasteiger partial charge < -0.3 is 14.6 Å².